The minimum atomic E-state index is -0.316. The molecule has 66 heavy (non-hydrogen) atoms. The number of para-hydroxylation sites is 2. The first-order chi connectivity index (χ1) is 32.5. The van der Waals surface area contributed by atoms with Crippen molar-refractivity contribution in [3.8, 4) is 0 Å². The summed E-state index contributed by atoms with van der Waals surface area (Å²) in [5.41, 5.74) is 5.57. The van der Waals surface area contributed by atoms with Crippen LogP contribution >= 0.6 is 0 Å². The number of piperazine rings is 2. The number of carbonyl (C=O) groups excluding carboxylic acids is 3. The minimum absolute atomic E-state index is 0.0939. The van der Waals surface area contributed by atoms with Gasteiger partial charge in [0.05, 0.1) is 6.04 Å². The zero-order chi connectivity index (χ0) is 45.9. The highest BCUT2D eigenvalue weighted by Gasteiger charge is 2.39. The third kappa shape index (κ3) is 14.6. The minimum Gasteiger partial charge on any atom is -0.445 e. The quantitative estimate of drug-likeness (QED) is 0.105. The molecule has 5 aromatic rings. The van der Waals surface area contributed by atoms with E-state index >= 15 is 0 Å². The average molecular weight is 893 g/mol. The molecule has 2 N–H and O–H groups in total. The molecule has 2 saturated carbocycles. The number of rotatable bonds is 16. The zero-order valence-corrected chi connectivity index (χ0v) is 38.6. The second-order valence-corrected chi connectivity index (χ2v) is 17.7. The molecule has 2 aliphatic carbocycles. The molecule has 5 aromatic carbocycles. The highest BCUT2D eigenvalue weighted by molar-refractivity contribution is 5.97. The van der Waals surface area contributed by atoms with Crippen molar-refractivity contribution in [1.82, 2.24) is 20.0 Å². The van der Waals surface area contributed by atoms with Crippen molar-refractivity contribution in [1.29, 1.82) is 0 Å². The standard InChI is InChI=1S/C31H35N3O3.C23H29N3O.CH4O/c35-30(27-16-17-27)34(28-14-8-3-9-15-28)23-29-22-32(19-18-25-10-4-1-5-11-25)20-21-33(29)31(36)37-24-26-12-6-2-7-13-26;27-23(20-11-12-20)26(22-9-5-2-6-10-22)18-21-17-25(16-14-24-21)15-13-19-7-3-1-4-8-19;1-2/h1-15,27,29H,16-24H2;1-10,20-21,24H,11-18H2;2H,1H3. The van der Waals surface area contributed by atoms with Crippen LogP contribution in [-0.2, 0) is 33.8 Å². The van der Waals surface area contributed by atoms with Crippen LogP contribution in [0.2, 0.25) is 0 Å². The van der Waals surface area contributed by atoms with Gasteiger partial charge in [-0.25, -0.2) is 4.79 Å². The SMILES string of the molecule is CO.O=C(C1CC1)N(CC1CN(CCc2ccccc2)CCN1)c1ccccc1.O=C(C1CC1)N(CC1CN(CCc2ccccc2)CCN1C(=O)OCc1ccccc1)c1ccccc1. The molecule has 2 heterocycles. The predicted molar refractivity (Wildman–Crippen MR) is 263 cm³/mol. The summed E-state index contributed by atoms with van der Waals surface area (Å²) in [5, 5.41) is 10.6. The number of ether oxygens (including phenoxy) is 1. The molecule has 2 unspecified atom stereocenters. The van der Waals surface area contributed by atoms with Gasteiger partial charge in [0.15, 0.2) is 0 Å². The number of aliphatic hydroxyl groups is 1. The van der Waals surface area contributed by atoms with Crippen molar-refractivity contribution in [2.75, 3.05) is 82.4 Å². The summed E-state index contributed by atoms with van der Waals surface area (Å²) in [5.74, 6) is 0.786. The Kier molecular flexibility index (Phi) is 18.3. The Morgan fingerprint density at radius 2 is 1.00 bits per heavy atom. The van der Waals surface area contributed by atoms with Crippen molar-refractivity contribution in [3.63, 3.8) is 0 Å². The Balaban J connectivity index is 0.000000198. The number of hydrogen-bond acceptors (Lipinski definition) is 8. The van der Waals surface area contributed by atoms with Crippen molar-refractivity contribution in [3.05, 3.63) is 168 Å². The van der Waals surface area contributed by atoms with E-state index in [2.05, 4.69) is 81.8 Å². The summed E-state index contributed by atoms with van der Waals surface area (Å²) in [6.45, 7) is 8.55. The van der Waals surface area contributed by atoms with E-state index in [0.717, 1.165) is 108 Å². The molecule has 0 bridgehead atoms. The van der Waals surface area contributed by atoms with Gasteiger partial charge in [-0.05, 0) is 79.5 Å². The Hall–Kier alpha value is -5.85. The van der Waals surface area contributed by atoms with E-state index in [4.69, 9.17) is 9.84 Å². The molecule has 2 aliphatic heterocycles. The number of hydrogen-bond donors (Lipinski definition) is 2. The van der Waals surface area contributed by atoms with Gasteiger partial charge in [-0.3, -0.25) is 14.5 Å². The maximum Gasteiger partial charge on any atom is 0.410 e. The van der Waals surface area contributed by atoms with Crippen LogP contribution in [0.4, 0.5) is 16.2 Å². The van der Waals surface area contributed by atoms with E-state index in [1.165, 1.54) is 11.1 Å². The first kappa shape index (κ1) is 48.1. The molecule has 9 rings (SSSR count). The normalized spacial score (nSPS) is 18.4. The summed E-state index contributed by atoms with van der Waals surface area (Å²) in [6.07, 6.45) is 5.69. The van der Waals surface area contributed by atoms with Gasteiger partial charge in [-0.15, -0.1) is 0 Å². The monoisotopic (exact) mass is 893 g/mol. The lowest BCUT2D eigenvalue weighted by Gasteiger charge is -2.42. The van der Waals surface area contributed by atoms with Gasteiger partial charge in [0.2, 0.25) is 11.8 Å². The third-order valence-electron chi connectivity index (χ3n) is 12.8. The number of aliphatic hydroxyl groups excluding tert-OH is 1. The van der Waals surface area contributed by atoms with E-state index in [0.29, 0.717) is 31.6 Å². The molecular formula is C55H68N6O5. The lowest BCUT2D eigenvalue weighted by atomic mass is 10.1. The highest BCUT2D eigenvalue weighted by atomic mass is 16.6. The first-order valence-corrected chi connectivity index (χ1v) is 23.9. The largest absolute Gasteiger partial charge is 0.445 e. The van der Waals surface area contributed by atoms with Crippen LogP contribution < -0.4 is 15.1 Å². The number of nitrogens with one attached hydrogen (secondary N) is 1. The smallest absolute Gasteiger partial charge is 0.410 e. The molecular weight excluding hydrogens is 825 g/mol. The molecule has 11 nitrogen and oxygen atoms in total. The van der Waals surface area contributed by atoms with Gasteiger partial charge >= 0.3 is 6.09 Å². The molecule has 11 heteroatoms. The van der Waals surface area contributed by atoms with E-state index in [9.17, 15) is 14.4 Å². The van der Waals surface area contributed by atoms with Crippen molar-refractivity contribution in [2.24, 2.45) is 11.8 Å². The van der Waals surface area contributed by atoms with Crippen LogP contribution in [0.1, 0.15) is 42.4 Å². The summed E-state index contributed by atoms with van der Waals surface area (Å²) < 4.78 is 5.73. The van der Waals surface area contributed by atoms with Crippen LogP contribution in [0.15, 0.2) is 152 Å². The predicted octanol–water partition coefficient (Wildman–Crippen LogP) is 7.55. The maximum absolute atomic E-state index is 13.3. The van der Waals surface area contributed by atoms with Gasteiger partial charge in [-0.1, -0.05) is 127 Å². The number of anilines is 2. The number of nitrogens with zero attached hydrogens (tertiary/aromatic N) is 5. The zero-order valence-electron chi connectivity index (χ0n) is 38.6. The number of carbonyl (C=O) groups is 3. The second-order valence-electron chi connectivity index (χ2n) is 17.7. The maximum atomic E-state index is 13.3. The fourth-order valence-electron chi connectivity index (χ4n) is 8.80. The molecule has 2 saturated heterocycles. The molecule has 4 fully saturated rings. The van der Waals surface area contributed by atoms with Crippen LogP contribution in [-0.4, -0.2) is 122 Å². The first-order valence-electron chi connectivity index (χ1n) is 23.9. The van der Waals surface area contributed by atoms with E-state index in [1.54, 1.807) is 0 Å². The summed E-state index contributed by atoms with van der Waals surface area (Å²) in [6, 6.07) is 51.1. The molecule has 3 amide bonds. The number of amides is 3. The fourth-order valence-corrected chi connectivity index (χ4v) is 8.80. The Morgan fingerprint density at radius 3 is 1.48 bits per heavy atom. The second kappa shape index (κ2) is 25.2. The van der Waals surface area contributed by atoms with Crippen LogP contribution in [0, 0.1) is 11.8 Å². The Morgan fingerprint density at radius 1 is 0.561 bits per heavy atom. The topological polar surface area (TPSA) is 109 Å². The lowest BCUT2D eigenvalue weighted by molar-refractivity contribution is -0.120. The summed E-state index contributed by atoms with van der Waals surface area (Å²) in [7, 11) is 1.00. The number of benzene rings is 5. The van der Waals surface area contributed by atoms with E-state index in [-0.39, 0.29) is 36.5 Å². The Bertz CT molecular complexity index is 2190. The van der Waals surface area contributed by atoms with Crippen molar-refractivity contribution < 1.29 is 24.2 Å². The molecule has 348 valence electrons. The fraction of sp³-hybridized carbons (Fsp3) is 0.400. The lowest BCUT2D eigenvalue weighted by Crippen LogP contribution is -2.59. The molecule has 0 radical (unpaired) electrons. The summed E-state index contributed by atoms with van der Waals surface area (Å²) in [4.78, 5) is 50.1. The van der Waals surface area contributed by atoms with Crippen LogP contribution in [0.5, 0.6) is 0 Å². The Labute approximate surface area is 392 Å². The van der Waals surface area contributed by atoms with Crippen LogP contribution in [0.25, 0.3) is 0 Å². The average Bonchev–Trinajstić information content (AvgIpc) is 4.33. The van der Waals surface area contributed by atoms with Gasteiger partial charge in [-0.2, -0.15) is 0 Å². The van der Waals surface area contributed by atoms with Crippen molar-refractivity contribution >= 4 is 29.3 Å². The molecule has 0 aromatic heterocycles. The molecule has 0 spiro atoms. The van der Waals surface area contributed by atoms with Gasteiger partial charge in [0.1, 0.15) is 6.61 Å². The van der Waals surface area contributed by atoms with Gasteiger partial charge < -0.3 is 34.8 Å². The highest BCUT2D eigenvalue weighted by Crippen LogP contribution is 2.34. The van der Waals surface area contributed by atoms with E-state index in [1.807, 2.05) is 99.6 Å². The summed E-state index contributed by atoms with van der Waals surface area (Å²) >= 11 is 0. The van der Waals surface area contributed by atoms with E-state index < -0.39 is 0 Å². The molecule has 2 atom stereocenters. The van der Waals surface area contributed by atoms with Crippen LogP contribution in [0.3, 0.4) is 0 Å². The molecule has 4 aliphatic rings. The van der Waals surface area contributed by atoms with Crippen molar-refractivity contribution in [2.45, 2.75) is 57.2 Å². The van der Waals surface area contributed by atoms with Gasteiger partial charge in [0.25, 0.3) is 0 Å². The van der Waals surface area contributed by atoms with Gasteiger partial charge in [0, 0.05) is 102 Å². The third-order valence-corrected chi connectivity index (χ3v) is 12.8.